The number of hydrogen-bond donors (Lipinski definition) is 1. The number of amides is 1. The van der Waals surface area contributed by atoms with Crippen LogP contribution in [0.15, 0.2) is 29.2 Å². The van der Waals surface area contributed by atoms with Gasteiger partial charge in [-0.15, -0.1) is 11.3 Å². The summed E-state index contributed by atoms with van der Waals surface area (Å²) in [6.45, 7) is 9.93. The van der Waals surface area contributed by atoms with Gasteiger partial charge in [0.05, 0.1) is 10.6 Å². The van der Waals surface area contributed by atoms with Crippen molar-refractivity contribution < 1.29 is 13.2 Å². The summed E-state index contributed by atoms with van der Waals surface area (Å²) < 4.78 is 27.2. The van der Waals surface area contributed by atoms with Gasteiger partial charge in [-0.3, -0.25) is 15.0 Å². The third-order valence-corrected chi connectivity index (χ3v) is 8.42. The second kappa shape index (κ2) is 10.7. The molecule has 0 atom stereocenters. The predicted molar refractivity (Wildman–Crippen MR) is 125 cm³/mol. The van der Waals surface area contributed by atoms with E-state index >= 15 is 0 Å². The van der Waals surface area contributed by atoms with Gasteiger partial charge >= 0.3 is 0 Å². The number of carbonyl (C=O) groups is 1. The number of benzene rings is 1. The molecule has 9 heteroatoms. The lowest BCUT2D eigenvalue weighted by molar-refractivity contribution is 0.102. The van der Waals surface area contributed by atoms with Gasteiger partial charge in [-0.2, -0.15) is 4.31 Å². The molecule has 0 saturated heterocycles. The van der Waals surface area contributed by atoms with E-state index in [0.717, 1.165) is 51.0 Å². The van der Waals surface area contributed by atoms with E-state index in [-0.39, 0.29) is 10.8 Å². The monoisotopic (exact) mass is 464 g/mol. The van der Waals surface area contributed by atoms with Crippen molar-refractivity contribution in [3.05, 3.63) is 40.4 Å². The molecule has 2 aromatic rings. The summed E-state index contributed by atoms with van der Waals surface area (Å²) in [5, 5.41) is 3.47. The summed E-state index contributed by atoms with van der Waals surface area (Å²) in [5.41, 5.74) is 1.48. The second-order valence-corrected chi connectivity index (χ2v) is 10.8. The number of nitrogens with zero attached hydrogens (tertiary/aromatic N) is 3. The number of nitrogens with one attached hydrogen (secondary N) is 1. The minimum absolute atomic E-state index is 0.211. The highest BCUT2D eigenvalue weighted by Gasteiger charge is 2.24. The molecular formula is C22H32N4O3S2. The first-order valence-electron chi connectivity index (χ1n) is 11.0. The van der Waals surface area contributed by atoms with Crippen LogP contribution in [0.2, 0.25) is 0 Å². The Hall–Kier alpha value is -1.81. The minimum atomic E-state index is -3.55. The van der Waals surface area contributed by atoms with Gasteiger partial charge in [0.25, 0.3) is 5.91 Å². The van der Waals surface area contributed by atoms with Gasteiger partial charge in [0, 0.05) is 43.0 Å². The topological polar surface area (TPSA) is 82.6 Å². The number of thiazole rings is 1. The summed E-state index contributed by atoms with van der Waals surface area (Å²) in [6.07, 6.45) is 3.78. The fourth-order valence-corrected chi connectivity index (χ4v) is 6.22. The first kappa shape index (κ1) is 23.8. The molecule has 1 aromatic heterocycles. The Morgan fingerprint density at radius 3 is 2.58 bits per heavy atom. The molecule has 0 fully saturated rings. The average molecular weight is 465 g/mol. The Bertz CT molecular complexity index is 987. The van der Waals surface area contributed by atoms with E-state index in [0.29, 0.717) is 23.8 Å². The molecule has 1 aliphatic heterocycles. The Labute approximate surface area is 189 Å². The fourth-order valence-electron chi connectivity index (χ4n) is 3.69. The average Bonchev–Trinajstić information content (AvgIpc) is 3.16. The van der Waals surface area contributed by atoms with Crippen molar-refractivity contribution in [2.24, 2.45) is 0 Å². The quantitative estimate of drug-likeness (QED) is 0.575. The number of aromatic nitrogens is 1. The van der Waals surface area contributed by atoms with Crippen LogP contribution >= 0.6 is 11.3 Å². The standard InChI is InChI=1S/C22H32N4O3S2/c1-4-7-14-26(6-3)31(28,29)18-10-8-17(9-11-18)21(27)24-22-23-19-12-15-25(13-5-2)16-20(19)30-22/h8-11H,4-7,12-16H2,1-3H3,(H,23,24,27). The van der Waals surface area contributed by atoms with Gasteiger partial charge in [0.15, 0.2) is 5.13 Å². The molecule has 1 aromatic carbocycles. The Morgan fingerprint density at radius 2 is 1.94 bits per heavy atom. The molecule has 0 spiro atoms. The van der Waals surface area contributed by atoms with E-state index in [4.69, 9.17) is 0 Å². The lowest BCUT2D eigenvalue weighted by Gasteiger charge is -2.24. The summed E-state index contributed by atoms with van der Waals surface area (Å²) in [7, 11) is -3.55. The number of carbonyl (C=O) groups excluding carboxylic acids is 1. The summed E-state index contributed by atoms with van der Waals surface area (Å²) in [5.74, 6) is -0.279. The van der Waals surface area contributed by atoms with E-state index in [1.165, 1.54) is 32.7 Å². The zero-order valence-corrected chi connectivity index (χ0v) is 20.2. The van der Waals surface area contributed by atoms with E-state index in [1.807, 2.05) is 13.8 Å². The summed E-state index contributed by atoms with van der Waals surface area (Å²) in [4.78, 5) is 21.1. The maximum atomic E-state index is 12.8. The molecule has 0 unspecified atom stereocenters. The van der Waals surface area contributed by atoms with Crippen LogP contribution in [0.4, 0.5) is 5.13 Å². The van der Waals surface area contributed by atoms with Crippen molar-refractivity contribution >= 4 is 32.4 Å². The summed E-state index contributed by atoms with van der Waals surface area (Å²) >= 11 is 1.52. The first-order valence-corrected chi connectivity index (χ1v) is 13.3. The van der Waals surface area contributed by atoms with Crippen LogP contribution in [0.5, 0.6) is 0 Å². The number of rotatable bonds is 10. The van der Waals surface area contributed by atoms with E-state index in [2.05, 4.69) is 22.1 Å². The lowest BCUT2D eigenvalue weighted by atomic mass is 10.2. The van der Waals surface area contributed by atoms with Gasteiger partial charge in [-0.1, -0.05) is 27.2 Å². The number of anilines is 1. The van der Waals surface area contributed by atoms with Crippen molar-refractivity contribution in [3.8, 4) is 0 Å². The van der Waals surface area contributed by atoms with E-state index < -0.39 is 10.0 Å². The number of fused-ring (bicyclic) bond motifs is 1. The maximum Gasteiger partial charge on any atom is 0.257 e. The van der Waals surface area contributed by atoms with Crippen LogP contribution in [0.25, 0.3) is 0 Å². The van der Waals surface area contributed by atoms with Crippen molar-refractivity contribution in [1.82, 2.24) is 14.2 Å². The molecule has 170 valence electrons. The largest absolute Gasteiger partial charge is 0.298 e. The van der Waals surface area contributed by atoms with E-state index in [1.54, 1.807) is 12.1 Å². The molecule has 3 rings (SSSR count). The van der Waals surface area contributed by atoms with Gasteiger partial charge in [0.2, 0.25) is 10.0 Å². The fraction of sp³-hybridized carbons (Fsp3) is 0.545. The molecule has 1 aliphatic rings. The SMILES string of the molecule is CCCCN(CC)S(=O)(=O)c1ccc(C(=O)Nc2nc3c(s2)CN(CCC)CC3)cc1. The number of unbranched alkanes of at least 4 members (excludes halogenated alkanes) is 1. The molecule has 0 saturated carbocycles. The Kier molecular flexibility index (Phi) is 8.21. The second-order valence-electron chi connectivity index (χ2n) is 7.74. The third-order valence-electron chi connectivity index (χ3n) is 5.44. The van der Waals surface area contributed by atoms with Gasteiger partial charge in [0.1, 0.15) is 0 Å². The molecule has 0 aliphatic carbocycles. The van der Waals surface area contributed by atoms with Crippen molar-refractivity contribution in [1.29, 1.82) is 0 Å². The zero-order chi connectivity index (χ0) is 22.4. The molecule has 0 bridgehead atoms. The maximum absolute atomic E-state index is 12.8. The highest BCUT2D eigenvalue weighted by molar-refractivity contribution is 7.89. The van der Waals surface area contributed by atoms with E-state index in [9.17, 15) is 13.2 Å². The van der Waals surface area contributed by atoms with Crippen LogP contribution in [0.3, 0.4) is 0 Å². The zero-order valence-electron chi connectivity index (χ0n) is 18.6. The third kappa shape index (κ3) is 5.71. The van der Waals surface area contributed by atoms with Gasteiger partial charge < -0.3 is 0 Å². The highest BCUT2D eigenvalue weighted by Crippen LogP contribution is 2.28. The minimum Gasteiger partial charge on any atom is -0.298 e. The molecule has 31 heavy (non-hydrogen) atoms. The van der Waals surface area contributed by atoms with Gasteiger partial charge in [-0.05, 0) is 43.7 Å². The molecule has 7 nitrogen and oxygen atoms in total. The highest BCUT2D eigenvalue weighted by atomic mass is 32.2. The Balaban J connectivity index is 1.67. The molecule has 2 heterocycles. The molecule has 0 radical (unpaired) electrons. The van der Waals surface area contributed by atoms with Crippen LogP contribution in [-0.4, -0.2) is 54.7 Å². The lowest BCUT2D eigenvalue weighted by Crippen LogP contribution is -2.31. The van der Waals surface area contributed by atoms with Crippen molar-refractivity contribution in [2.45, 2.75) is 57.9 Å². The van der Waals surface area contributed by atoms with Crippen LogP contribution in [0, 0.1) is 0 Å². The Morgan fingerprint density at radius 1 is 1.19 bits per heavy atom. The molecule has 1 amide bonds. The van der Waals surface area contributed by atoms with Crippen molar-refractivity contribution in [3.63, 3.8) is 0 Å². The smallest absolute Gasteiger partial charge is 0.257 e. The van der Waals surface area contributed by atoms with Crippen LogP contribution < -0.4 is 5.32 Å². The normalized spacial score (nSPS) is 14.6. The number of hydrogen-bond acceptors (Lipinski definition) is 6. The molecular weight excluding hydrogens is 432 g/mol. The van der Waals surface area contributed by atoms with Gasteiger partial charge in [-0.25, -0.2) is 13.4 Å². The van der Waals surface area contributed by atoms with Crippen molar-refractivity contribution in [2.75, 3.05) is 31.5 Å². The summed E-state index contributed by atoms with van der Waals surface area (Å²) in [6, 6.07) is 6.14. The number of sulfonamides is 1. The van der Waals surface area contributed by atoms with Crippen LogP contribution in [-0.2, 0) is 23.0 Å². The van der Waals surface area contributed by atoms with Crippen LogP contribution in [0.1, 0.15) is 61.0 Å². The molecule has 1 N–H and O–H groups in total. The first-order chi connectivity index (χ1) is 14.9. The predicted octanol–water partition coefficient (Wildman–Crippen LogP) is 3.97.